The predicted molar refractivity (Wildman–Crippen MR) is 76.5 cm³/mol. The molecule has 0 saturated carbocycles. The SMILES string of the molecule is CCOC(=O)COCCN(CC)c1cccc(C)c1. The third-order valence-electron chi connectivity index (χ3n) is 2.78. The molecule has 0 spiro atoms. The average molecular weight is 265 g/mol. The molecule has 0 aliphatic carbocycles. The van der Waals surface area contributed by atoms with Gasteiger partial charge in [-0.05, 0) is 38.5 Å². The Kier molecular flexibility index (Phi) is 6.97. The first-order chi connectivity index (χ1) is 9.17. The van der Waals surface area contributed by atoms with Gasteiger partial charge in [0.05, 0.1) is 13.2 Å². The van der Waals surface area contributed by atoms with Gasteiger partial charge in [-0.2, -0.15) is 0 Å². The van der Waals surface area contributed by atoms with Crippen molar-refractivity contribution in [1.29, 1.82) is 0 Å². The van der Waals surface area contributed by atoms with Crippen LogP contribution in [0.4, 0.5) is 5.69 Å². The van der Waals surface area contributed by atoms with Gasteiger partial charge in [-0.25, -0.2) is 4.79 Å². The molecule has 0 aromatic heterocycles. The second-order valence-electron chi connectivity index (χ2n) is 4.28. The number of hydrogen-bond donors (Lipinski definition) is 0. The zero-order valence-electron chi connectivity index (χ0n) is 12.0. The molecule has 0 unspecified atom stereocenters. The van der Waals surface area contributed by atoms with E-state index in [4.69, 9.17) is 9.47 Å². The average Bonchev–Trinajstić information content (AvgIpc) is 2.39. The highest BCUT2D eigenvalue weighted by atomic mass is 16.6. The molecule has 0 aliphatic heterocycles. The summed E-state index contributed by atoms with van der Waals surface area (Å²) >= 11 is 0. The lowest BCUT2D eigenvalue weighted by Gasteiger charge is -2.23. The molecular weight excluding hydrogens is 242 g/mol. The van der Waals surface area contributed by atoms with Crippen LogP contribution in [0.2, 0.25) is 0 Å². The Hall–Kier alpha value is -1.55. The first-order valence-electron chi connectivity index (χ1n) is 6.72. The van der Waals surface area contributed by atoms with Gasteiger partial charge in [0.2, 0.25) is 0 Å². The normalized spacial score (nSPS) is 10.3. The molecule has 1 rings (SSSR count). The Morgan fingerprint density at radius 3 is 2.74 bits per heavy atom. The maximum atomic E-state index is 11.1. The van der Waals surface area contributed by atoms with Gasteiger partial charge in [0.1, 0.15) is 6.61 Å². The third-order valence-corrected chi connectivity index (χ3v) is 2.78. The van der Waals surface area contributed by atoms with E-state index in [1.165, 1.54) is 11.3 Å². The molecule has 4 nitrogen and oxygen atoms in total. The second-order valence-corrected chi connectivity index (χ2v) is 4.28. The Morgan fingerprint density at radius 2 is 2.11 bits per heavy atom. The number of likely N-dealkylation sites (N-methyl/N-ethyl adjacent to an activating group) is 1. The molecule has 0 N–H and O–H groups in total. The number of ether oxygens (including phenoxy) is 2. The molecule has 19 heavy (non-hydrogen) atoms. The minimum Gasteiger partial charge on any atom is -0.464 e. The van der Waals surface area contributed by atoms with Gasteiger partial charge in [0.25, 0.3) is 0 Å². The summed E-state index contributed by atoms with van der Waals surface area (Å²) in [4.78, 5) is 13.3. The lowest BCUT2D eigenvalue weighted by molar-refractivity contribution is -0.148. The van der Waals surface area contributed by atoms with Crippen molar-refractivity contribution < 1.29 is 14.3 Å². The minimum atomic E-state index is -0.305. The maximum Gasteiger partial charge on any atom is 0.332 e. The maximum absolute atomic E-state index is 11.1. The van der Waals surface area contributed by atoms with Crippen LogP contribution in [0.3, 0.4) is 0 Å². The summed E-state index contributed by atoms with van der Waals surface area (Å²) in [7, 11) is 0. The summed E-state index contributed by atoms with van der Waals surface area (Å²) in [6.07, 6.45) is 0. The summed E-state index contributed by atoms with van der Waals surface area (Å²) in [5, 5.41) is 0. The molecule has 4 heteroatoms. The molecule has 106 valence electrons. The van der Waals surface area contributed by atoms with Gasteiger partial charge in [0.15, 0.2) is 0 Å². The summed E-state index contributed by atoms with van der Waals surface area (Å²) in [5.74, 6) is -0.305. The zero-order chi connectivity index (χ0) is 14.1. The van der Waals surface area contributed by atoms with Crippen molar-refractivity contribution in [3.63, 3.8) is 0 Å². The van der Waals surface area contributed by atoms with Crippen LogP contribution in [0.25, 0.3) is 0 Å². The van der Waals surface area contributed by atoms with Gasteiger partial charge < -0.3 is 14.4 Å². The number of benzene rings is 1. The quantitative estimate of drug-likeness (QED) is 0.534. The third kappa shape index (κ3) is 5.75. The summed E-state index contributed by atoms with van der Waals surface area (Å²) in [6.45, 7) is 8.58. The lowest BCUT2D eigenvalue weighted by atomic mass is 10.2. The Labute approximate surface area is 115 Å². The van der Waals surface area contributed by atoms with Crippen LogP contribution in [0.5, 0.6) is 0 Å². The first-order valence-corrected chi connectivity index (χ1v) is 6.72. The van der Waals surface area contributed by atoms with E-state index in [9.17, 15) is 4.79 Å². The number of rotatable bonds is 8. The van der Waals surface area contributed by atoms with E-state index in [0.29, 0.717) is 13.2 Å². The molecule has 0 heterocycles. The van der Waals surface area contributed by atoms with Crippen molar-refractivity contribution in [1.82, 2.24) is 0 Å². The zero-order valence-corrected chi connectivity index (χ0v) is 12.0. The van der Waals surface area contributed by atoms with Gasteiger partial charge in [0, 0.05) is 18.8 Å². The van der Waals surface area contributed by atoms with Crippen molar-refractivity contribution in [2.45, 2.75) is 20.8 Å². The topological polar surface area (TPSA) is 38.8 Å². The fourth-order valence-electron chi connectivity index (χ4n) is 1.83. The fourth-order valence-corrected chi connectivity index (χ4v) is 1.83. The molecule has 0 aliphatic rings. The van der Waals surface area contributed by atoms with Crippen molar-refractivity contribution in [3.8, 4) is 0 Å². The fraction of sp³-hybridized carbons (Fsp3) is 0.533. The molecule has 1 aromatic rings. The van der Waals surface area contributed by atoms with Crippen LogP contribution in [0, 0.1) is 6.92 Å². The van der Waals surface area contributed by atoms with E-state index in [1.807, 2.05) is 6.07 Å². The number of esters is 1. The number of carbonyl (C=O) groups is 1. The van der Waals surface area contributed by atoms with Crippen molar-refractivity contribution in [2.24, 2.45) is 0 Å². The first kappa shape index (κ1) is 15.5. The molecule has 0 fully saturated rings. The Morgan fingerprint density at radius 1 is 1.32 bits per heavy atom. The van der Waals surface area contributed by atoms with Crippen LogP contribution in [-0.4, -0.2) is 38.9 Å². The van der Waals surface area contributed by atoms with E-state index >= 15 is 0 Å². The van der Waals surface area contributed by atoms with Crippen LogP contribution in [-0.2, 0) is 14.3 Å². The Bertz CT molecular complexity index is 393. The standard InChI is InChI=1S/C15H23NO3/c1-4-16(14-8-6-7-13(3)11-14)9-10-18-12-15(17)19-5-2/h6-8,11H,4-5,9-10,12H2,1-3H3. The largest absolute Gasteiger partial charge is 0.464 e. The minimum absolute atomic E-state index is 0.0270. The number of anilines is 1. The summed E-state index contributed by atoms with van der Waals surface area (Å²) < 4.78 is 10.1. The van der Waals surface area contributed by atoms with E-state index in [2.05, 4.69) is 36.9 Å². The lowest BCUT2D eigenvalue weighted by Crippen LogP contribution is -2.28. The van der Waals surface area contributed by atoms with Gasteiger partial charge in [-0.15, -0.1) is 0 Å². The smallest absolute Gasteiger partial charge is 0.332 e. The molecule has 0 atom stereocenters. The number of carbonyl (C=O) groups excluding carboxylic acids is 1. The molecular formula is C15H23NO3. The molecule has 0 saturated heterocycles. The van der Waals surface area contributed by atoms with E-state index in [-0.39, 0.29) is 12.6 Å². The highest BCUT2D eigenvalue weighted by Crippen LogP contribution is 2.15. The number of nitrogens with zero attached hydrogens (tertiary/aromatic N) is 1. The van der Waals surface area contributed by atoms with Crippen LogP contribution in [0.15, 0.2) is 24.3 Å². The van der Waals surface area contributed by atoms with Gasteiger partial charge in [-0.1, -0.05) is 12.1 Å². The van der Waals surface area contributed by atoms with Crippen LogP contribution < -0.4 is 4.90 Å². The van der Waals surface area contributed by atoms with Crippen molar-refractivity contribution >= 4 is 11.7 Å². The molecule has 0 radical (unpaired) electrons. The number of aryl methyl sites for hydroxylation is 1. The van der Waals surface area contributed by atoms with Crippen LogP contribution in [0.1, 0.15) is 19.4 Å². The highest BCUT2D eigenvalue weighted by molar-refractivity contribution is 5.70. The molecule has 0 bridgehead atoms. The summed E-state index contributed by atoms with van der Waals surface area (Å²) in [6, 6.07) is 8.36. The van der Waals surface area contributed by atoms with Gasteiger partial charge in [-0.3, -0.25) is 0 Å². The highest BCUT2D eigenvalue weighted by Gasteiger charge is 2.05. The van der Waals surface area contributed by atoms with Crippen molar-refractivity contribution in [2.75, 3.05) is 37.8 Å². The Balaban J connectivity index is 2.35. The monoisotopic (exact) mass is 265 g/mol. The van der Waals surface area contributed by atoms with E-state index in [0.717, 1.165) is 13.1 Å². The molecule has 0 amide bonds. The van der Waals surface area contributed by atoms with Crippen LogP contribution >= 0.6 is 0 Å². The number of hydrogen-bond acceptors (Lipinski definition) is 4. The van der Waals surface area contributed by atoms with Crippen molar-refractivity contribution in [3.05, 3.63) is 29.8 Å². The molecule has 1 aromatic carbocycles. The summed E-state index contributed by atoms with van der Waals surface area (Å²) in [5.41, 5.74) is 2.42. The van der Waals surface area contributed by atoms with E-state index < -0.39 is 0 Å². The van der Waals surface area contributed by atoms with Gasteiger partial charge >= 0.3 is 5.97 Å². The predicted octanol–water partition coefficient (Wildman–Crippen LogP) is 2.40. The van der Waals surface area contributed by atoms with E-state index in [1.54, 1.807) is 6.92 Å². The second kappa shape index (κ2) is 8.53.